The largest absolute Gasteiger partial charge is 0.393 e. The Morgan fingerprint density at radius 1 is 1.15 bits per heavy atom. The smallest absolute Gasteiger partial charge is 0.382 e. The van der Waals surface area contributed by atoms with Crippen molar-refractivity contribution >= 4 is 22.9 Å². The van der Waals surface area contributed by atoms with E-state index in [1.54, 1.807) is 23.2 Å². The fourth-order valence-electron chi connectivity index (χ4n) is 4.57. The van der Waals surface area contributed by atoms with Gasteiger partial charge >= 0.3 is 6.18 Å². The van der Waals surface area contributed by atoms with Gasteiger partial charge in [0.15, 0.2) is 0 Å². The highest BCUT2D eigenvalue weighted by Crippen LogP contribution is 2.35. The minimum absolute atomic E-state index is 0.0416. The standard InChI is InChI=1S/C25H22F3N5O/c1-15-31-22(23-24(29)30-8-10-32(15)23)19-5-6-20-18(13-19)7-9-33(20)21(34)12-16-3-2-4-17(11-16)14-25(26,27)28/h2-6,8,10-11,13H,7,9,12,14H2,1H3,(H2,29,30). The molecule has 5 rings (SSSR count). The van der Waals surface area contributed by atoms with E-state index >= 15 is 0 Å². The lowest BCUT2D eigenvalue weighted by molar-refractivity contribution is -0.127. The van der Waals surface area contributed by atoms with Crippen molar-refractivity contribution in [2.24, 2.45) is 0 Å². The van der Waals surface area contributed by atoms with Crippen LogP contribution in [0.2, 0.25) is 0 Å². The molecule has 2 aromatic heterocycles. The fraction of sp³-hybridized carbons (Fsp3) is 0.240. The molecule has 6 nitrogen and oxygen atoms in total. The van der Waals surface area contributed by atoms with Crippen LogP contribution in [0.5, 0.6) is 0 Å². The summed E-state index contributed by atoms with van der Waals surface area (Å²) < 4.78 is 40.1. The highest BCUT2D eigenvalue weighted by molar-refractivity contribution is 5.97. The summed E-state index contributed by atoms with van der Waals surface area (Å²) in [7, 11) is 0. The van der Waals surface area contributed by atoms with E-state index in [0.29, 0.717) is 24.3 Å². The second kappa shape index (κ2) is 8.16. The molecule has 34 heavy (non-hydrogen) atoms. The van der Waals surface area contributed by atoms with Crippen LogP contribution in [-0.2, 0) is 24.1 Å². The van der Waals surface area contributed by atoms with E-state index in [2.05, 4.69) is 9.97 Å². The average molecular weight is 465 g/mol. The van der Waals surface area contributed by atoms with E-state index in [1.807, 2.05) is 35.7 Å². The van der Waals surface area contributed by atoms with Crippen LogP contribution in [0.25, 0.3) is 16.8 Å². The highest BCUT2D eigenvalue weighted by Gasteiger charge is 2.28. The molecule has 0 aliphatic carbocycles. The number of benzene rings is 2. The molecule has 1 amide bonds. The summed E-state index contributed by atoms with van der Waals surface area (Å²) in [6, 6.07) is 11.9. The molecule has 174 valence electrons. The number of nitrogens with two attached hydrogens (primary N) is 1. The Balaban J connectivity index is 1.39. The van der Waals surface area contributed by atoms with Crippen LogP contribution in [0.3, 0.4) is 0 Å². The number of imidazole rings is 1. The Hall–Kier alpha value is -3.88. The van der Waals surface area contributed by atoms with E-state index < -0.39 is 12.6 Å². The lowest BCUT2D eigenvalue weighted by Gasteiger charge is -2.18. The lowest BCUT2D eigenvalue weighted by Crippen LogP contribution is -2.30. The van der Waals surface area contributed by atoms with Crippen LogP contribution in [0.1, 0.15) is 22.5 Å². The number of hydrogen-bond donors (Lipinski definition) is 1. The Morgan fingerprint density at radius 2 is 1.94 bits per heavy atom. The third kappa shape index (κ3) is 4.09. The first-order valence-corrected chi connectivity index (χ1v) is 10.9. The van der Waals surface area contributed by atoms with E-state index in [1.165, 1.54) is 12.1 Å². The van der Waals surface area contributed by atoms with E-state index in [-0.39, 0.29) is 17.9 Å². The maximum absolute atomic E-state index is 13.0. The molecule has 0 fully saturated rings. The molecule has 9 heteroatoms. The van der Waals surface area contributed by atoms with Gasteiger partial charge in [-0.1, -0.05) is 30.3 Å². The lowest BCUT2D eigenvalue weighted by atomic mass is 10.0. The van der Waals surface area contributed by atoms with Gasteiger partial charge in [-0.25, -0.2) is 9.97 Å². The van der Waals surface area contributed by atoms with Gasteiger partial charge in [0.1, 0.15) is 22.9 Å². The van der Waals surface area contributed by atoms with Crippen molar-refractivity contribution < 1.29 is 18.0 Å². The second-order valence-electron chi connectivity index (χ2n) is 8.47. The number of amides is 1. The number of fused-ring (bicyclic) bond motifs is 2. The zero-order chi connectivity index (χ0) is 24.0. The average Bonchev–Trinajstić information content (AvgIpc) is 3.34. The number of alkyl halides is 3. The number of nitrogen functional groups attached to an aromatic ring is 1. The molecular formula is C25H22F3N5O. The molecule has 2 aromatic carbocycles. The number of aromatic nitrogens is 3. The third-order valence-corrected chi connectivity index (χ3v) is 6.06. The van der Waals surface area contributed by atoms with Crippen molar-refractivity contribution in [3.63, 3.8) is 0 Å². The topological polar surface area (TPSA) is 76.5 Å². The highest BCUT2D eigenvalue weighted by atomic mass is 19.4. The van der Waals surface area contributed by atoms with Gasteiger partial charge in [0.2, 0.25) is 5.91 Å². The van der Waals surface area contributed by atoms with Crippen LogP contribution in [0.4, 0.5) is 24.7 Å². The number of aryl methyl sites for hydroxylation is 1. The number of anilines is 2. The van der Waals surface area contributed by atoms with Crippen LogP contribution >= 0.6 is 0 Å². The van der Waals surface area contributed by atoms with Crippen molar-refractivity contribution in [3.8, 4) is 11.3 Å². The maximum atomic E-state index is 13.0. The fourth-order valence-corrected chi connectivity index (χ4v) is 4.57. The molecule has 0 atom stereocenters. The van der Waals surface area contributed by atoms with Crippen molar-refractivity contribution in [2.75, 3.05) is 17.2 Å². The first-order chi connectivity index (χ1) is 16.2. The van der Waals surface area contributed by atoms with Crippen LogP contribution in [0.15, 0.2) is 54.9 Å². The van der Waals surface area contributed by atoms with Gasteiger partial charge in [-0.05, 0) is 42.2 Å². The third-order valence-electron chi connectivity index (χ3n) is 6.06. The van der Waals surface area contributed by atoms with Gasteiger partial charge < -0.3 is 10.6 Å². The Morgan fingerprint density at radius 3 is 2.74 bits per heavy atom. The SMILES string of the molecule is Cc1nc(-c2ccc3c(c2)CCN3C(=O)Cc2cccc(CC(F)(F)F)c2)c2c(N)nccn12. The number of carbonyl (C=O) groups is 1. The monoisotopic (exact) mass is 465 g/mol. The van der Waals surface area contributed by atoms with Gasteiger partial charge in [0.25, 0.3) is 0 Å². The Labute approximate surface area is 193 Å². The Kier molecular flexibility index (Phi) is 5.27. The van der Waals surface area contributed by atoms with Gasteiger partial charge in [-0.2, -0.15) is 13.2 Å². The van der Waals surface area contributed by atoms with Gasteiger partial charge in [-0.3, -0.25) is 9.20 Å². The first-order valence-electron chi connectivity index (χ1n) is 10.9. The van der Waals surface area contributed by atoms with Crippen molar-refractivity contribution in [2.45, 2.75) is 32.4 Å². The Bertz CT molecular complexity index is 1410. The van der Waals surface area contributed by atoms with Gasteiger partial charge in [0.05, 0.1) is 12.8 Å². The van der Waals surface area contributed by atoms with Crippen LogP contribution in [-0.4, -0.2) is 33.0 Å². The summed E-state index contributed by atoms with van der Waals surface area (Å²) in [5.74, 6) is 1.04. The molecule has 1 aliphatic heterocycles. The molecule has 0 saturated heterocycles. The first kappa shape index (κ1) is 21.9. The number of carbonyl (C=O) groups excluding carboxylic acids is 1. The minimum atomic E-state index is -4.28. The zero-order valence-corrected chi connectivity index (χ0v) is 18.4. The zero-order valence-electron chi connectivity index (χ0n) is 18.4. The molecule has 0 saturated carbocycles. The van der Waals surface area contributed by atoms with Crippen molar-refractivity contribution in [3.05, 3.63) is 77.4 Å². The van der Waals surface area contributed by atoms with Gasteiger partial charge in [0, 0.05) is 30.2 Å². The van der Waals surface area contributed by atoms with Crippen molar-refractivity contribution in [1.82, 2.24) is 14.4 Å². The van der Waals surface area contributed by atoms with E-state index in [4.69, 9.17) is 5.73 Å². The predicted molar refractivity (Wildman–Crippen MR) is 124 cm³/mol. The molecule has 0 spiro atoms. The summed E-state index contributed by atoms with van der Waals surface area (Å²) in [4.78, 5) is 23.6. The van der Waals surface area contributed by atoms with E-state index in [0.717, 1.165) is 33.8 Å². The minimum Gasteiger partial charge on any atom is -0.382 e. The summed E-state index contributed by atoms with van der Waals surface area (Å²) in [6.45, 7) is 2.42. The maximum Gasteiger partial charge on any atom is 0.393 e. The molecule has 3 heterocycles. The summed E-state index contributed by atoms with van der Waals surface area (Å²) in [6.07, 6.45) is -1.12. The summed E-state index contributed by atoms with van der Waals surface area (Å²) in [5, 5.41) is 0. The van der Waals surface area contributed by atoms with Crippen LogP contribution in [0, 0.1) is 6.92 Å². The molecule has 2 N–H and O–H groups in total. The molecule has 1 aliphatic rings. The predicted octanol–water partition coefficient (Wildman–Crippen LogP) is 4.52. The molecular weight excluding hydrogens is 443 g/mol. The normalized spacial score (nSPS) is 13.5. The number of halogens is 3. The molecule has 0 unspecified atom stereocenters. The summed E-state index contributed by atoms with van der Waals surface area (Å²) >= 11 is 0. The molecule has 0 radical (unpaired) electrons. The second-order valence-corrected chi connectivity index (χ2v) is 8.47. The molecule has 4 aromatic rings. The van der Waals surface area contributed by atoms with E-state index in [9.17, 15) is 18.0 Å². The van der Waals surface area contributed by atoms with Crippen molar-refractivity contribution in [1.29, 1.82) is 0 Å². The van der Waals surface area contributed by atoms with Crippen LogP contribution < -0.4 is 10.6 Å². The van der Waals surface area contributed by atoms with Gasteiger partial charge in [-0.15, -0.1) is 0 Å². The quantitative estimate of drug-likeness (QED) is 0.481. The number of rotatable bonds is 4. The number of hydrogen-bond acceptors (Lipinski definition) is 4. The number of nitrogens with zero attached hydrogens (tertiary/aromatic N) is 4. The summed E-state index contributed by atoms with van der Waals surface area (Å²) in [5.41, 5.74) is 11.0. The molecule has 0 bridgehead atoms.